The molecule has 0 saturated heterocycles. The maximum Gasteiger partial charge on any atom is 0.140 e. The Hall–Kier alpha value is -1.80. The third kappa shape index (κ3) is 1.81. The molecule has 0 spiro atoms. The molecule has 0 aliphatic heterocycles. The van der Waals surface area contributed by atoms with Crippen LogP contribution in [0, 0.1) is 6.92 Å². The second-order valence-electron chi connectivity index (χ2n) is 4.06. The zero-order chi connectivity index (χ0) is 11.8. The number of pyridine rings is 1. The molecule has 2 aromatic heterocycles. The molecule has 0 fully saturated rings. The SMILES string of the molecule is Cc1cccn2cc(-c3ccc(Cl)cc3)nc12. The minimum absolute atomic E-state index is 0.744. The summed E-state index contributed by atoms with van der Waals surface area (Å²) in [6, 6.07) is 11.8. The maximum absolute atomic E-state index is 5.88. The third-order valence-electron chi connectivity index (χ3n) is 2.82. The second-order valence-corrected chi connectivity index (χ2v) is 4.49. The average molecular weight is 243 g/mol. The summed E-state index contributed by atoms with van der Waals surface area (Å²) in [5.41, 5.74) is 4.22. The van der Waals surface area contributed by atoms with Crippen LogP contribution in [0.4, 0.5) is 0 Å². The topological polar surface area (TPSA) is 17.3 Å². The van der Waals surface area contributed by atoms with E-state index in [2.05, 4.69) is 18.0 Å². The average Bonchev–Trinajstić information content (AvgIpc) is 2.75. The van der Waals surface area contributed by atoms with Crippen LogP contribution in [0.25, 0.3) is 16.9 Å². The predicted molar refractivity (Wildman–Crippen MR) is 70.4 cm³/mol. The lowest BCUT2D eigenvalue weighted by Crippen LogP contribution is -1.83. The van der Waals surface area contributed by atoms with Crippen LogP contribution in [-0.4, -0.2) is 9.38 Å². The van der Waals surface area contributed by atoms with E-state index in [-0.39, 0.29) is 0 Å². The van der Waals surface area contributed by atoms with Gasteiger partial charge in [0, 0.05) is 23.0 Å². The summed E-state index contributed by atoms with van der Waals surface area (Å²) in [6.07, 6.45) is 4.04. The molecule has 0 amide bonds. The Morgan fingerprint density at radius 2 is 1.88 bits per heavy atom. The van der Waals surface area contributed by atoms with Gasteiger partial charge in [-0.05, 0) is 30.7 Å². The molecule has 0 aliphatic rings. The first kappa shape index (κ1) is 10.4. The van der Waals surface area contributed by atoms with E-state index in [9.17, 15) is 0 Å². The Labute approximate surface area is 104 Å². The Bertz CT molecular complexity index is 668. The van der Waals surface area contributed by atoms with Gasteiger partial charge in [0.25, 0.3) is 0 Å². The molecule has 0 radical (unpaired) electrons. The maximum atomic E-state index is 5.88. The highest BCUT2D eigenvalue weighted by molar-refractivity contribution is 6.30. The van der Waals surface area contributed by atoms with Crippen LogP contribution in [-0.2, 0) is 0 Å². The van der Waals surface area contributed by atoms with Crippen molar-refractivity contribution in [1.82, 2.24) is 9.38 Å². The number of benzene rings is 1. The van der Waals surface area contributed by atoms with Crippen LogP contribution in [0.1, 0.15) is 5.56 Å². The molecule has 0 aliphatic carbocycles. The zero-order valence-corrected chi connectivity index (χ0v) is 10.1. The predicted octanol–water partition coefficient (Wildman–Crippen LogP) is 3.96. The standard InChI is InChI=1S/C14H11ClN2/c1-10-3-2-8-17-9-13(16-14(10)17)11-4-6-12(15)7-5-11/h2-9H,1H3. The van der Waals surface area contributed by atoms with Crippen LogP contribution < -0.4 is 0 Å². The van der Waals surface area contributed by atoms with Gasteiger partial charge < -0.3 is 4.40 Å². The molecule has 2 heterocycles. The van der Waals surface area contributed by atoms with Gasteiger partial charge >= 0.3 is 0 Å². The second kappa shape index (κ2) is 3.90. The summed E-state index contributed by atoms with van der Waals surface area (Å²) in [5.74, 6) is 0. The lowest BCUT2D eigenvalue weighted by molar-refractivity contribution is 1.16. The summed E-state index contributed by atoms with van der Waals surface area (Å²) in [7, 11) is 0. The van der Waals surface area contributed by atoms with Gasteiger partial charge in [-0.1, -0.05) is 29.8 Å². The number of fused-ring (bicyclic) bond motifs is 1. The minimum atomic E-state index is 0.744. The lowest BCUT2D eigenvalue weighted by Gasteiger charge is -1.95. The fraction of sp³-hybridized carbons (Fsp3) is 0.0714. The summed E-state index contributed by atoms with van der Waals surface area (Å²) < 4.78 is 2.04. The monoisotopic (exact) mass is 242 g/mol. The first-order valence-corrected chi connectivity index (χ1v) is 5.82. The van der Waals surface area contributed by atoms with Gasteiger partial charge in [0.2, 0.25) is 0 Å². The van der Waals surface area contributed by atoms with Crippen LogP contribution in [0.2, 0.25) is 5.02 Å². The van der Waals surface area contributed by atoms with Gasteiger partial charge in [-0.25, -0.2) is 4.98 Å². The van der Waals surface area contributed by atoms with Crippen LogP contribution in [0.3, 0.4) is 0 Å². The van der Waals surface area contributed by atoms with Gasteiger partial charge in [-0.2, -0.15) is 0 Å². The molecule has 0 atom stereocenters. The highest BCUT2D eigenvalue weighted by Crippen LogP contribution is 2.22. The van der Waals surface area contributed by atoms with Crippen molar-refractivity contribution in [3.63, 3.8) is 0 Å². The molecule has 0 bridgehead atoms. The Kier molecular flexibility index (Phi) is 2.37. The van der Waals surface area contributed by atoms with Gasteiger partial charge in [0.1, 0.15) is 5.65 Å². The van der Waals surface area contributed by atoms with Gasteiger partial charge in [-0.3, -0.25) is 0 Å². The van der Waals surface area contributed by atoms with Crippen molar-refractivity contribution < 1.29 is 0 Å². The largest absolute Gasteiger partial charge is 0.306 e. The van der Waals surface area contributed by atoms with E-state index in [0.29, 0.717) is 0 Å². The fourth-order valence-electron chi connectivity index (χ4n) is 1.91. The van der Waals surface area contributed by atoms with Crippen molar-refractivity contribution in [2.75, 3.05) is 0 Å². The first-order valence-electron chi connectivity index (χ1n) is 5.44. The Morgan fingerprint density at radius 3 is 2.59 bits per heavy atom. The molecule has 1 aromatic carbocycles. The third-order valence-corrected chi connectivity index (χ3v) is 3.07. The van der Waals surface area contributed by atoms with Crippen LogP contribution >= 0.6 is 11.6 Å². The van der Waals surface area contributed by atoms with E-state index in [1.165, 1.54) is 5.56 Å². The number of rotatable bonds is 1. The number of hydrogen-bond acceptors (Lipinski definition) is 1. The minimum Gasteiger partial charge on any atom is -0.306 e. The van der Waals surface area contributed by atoms with E-state index >= 15 is 0 Å². The lowest BCUT2D eigenvalue weighted by atomic mass is 10.2. The molecule has 0 unspecified atom stereocenters. The molecule has 0 N–H and O–H groups in total. The molecule has 84 valence electrons. The summed E-state index contributed by atoms with van der Waals surface area (Å²) in [5, 5.41) is 0.744. The van der Waals surface area contributed by atoms with Crippen molar-refractivity contribution >= 4 is 17.2 Å². The highest BCUT2D eigenvalue weighted by atomic mass is 35.5. The van der Waals surface area contributed by atoms with Crippen LogP contribution in [0.15, 0.2) is 48.8 Å². The number of nitrogens with zero attached hydrogens (tertiary/aromatic N) is 2. The Balaban J connectivity index is 2.18. The molecule has 3 aromatic rings. The van der Waals surface area contributed by atoms with Gasteiger partial charge in [0.15, 0.2) is 0 Å². The molecular formula is C14H11ClN2. The van der Waals surface area contributed by atoms with Crippen molar-refractivity contribution in [2.24, 2.45) is 0 Å². The Morgan fingerprint density at radius 1 is 1.12 bits per heavy atom. The van der Waals surface area contributed by atoms with E-state index < -0.39 is 0 Å². The number of halogens is 1. The van der Waals surface area contributed by atoms with Crippen molar-refractivity contribution in [3.8, 4) is 11.3 Å². The number of imidazole rings is 1. The van der Waals surface area contributed by atoms with E-state index in [4.69, 9.17) is 11.6 Å². The van der Waals surface area contributed by atoms with Crippen molar-refractivity contribution in [1.29, 1.82) is 0 Å². The highest BCUT2D eigenvalue weighted by Gasteiger charge is 2.05. The molecular weight excluding hydrogens is 232 g/mol. The first-order chi connectivity index (χ1) is 8.24. The normalized spacial score (nSPS) is 10.9. The smallest absolute Gasteiger partial charge is 0.140 e. The van der Waals surface area contributed by atoms with Gasteiger partial charge in [-0.15, -0.1) is 0 Å². The molecule has 17 heavy (non-hydrogen) atoms. The summed E-state index contributed by atoms with van der Waals surface area (Å²) in [4.78, 5) is 4.63. The summed E-state index contributed by atoms with van der Waals surface area (Å²) in [6.45, 7) is 2.06. The number of hydrogen-bond donors (Lipinski definition) is 0. The zero-order valence-electron chi connectivity index (χ0n) is 9.39. The van der Waals surface area contributed by atoms with Crippen LogP contribution in [0.5, 0.6) is 0 Å². The molecule has 2 nitrogen and oxygen atoms in total. The quantitative estimate of drug-likeness (QED) is 0.631. The van der Waals surface area contributed by atoms with E-state index in [0.717, 1.165) is 21.9 Å². The van der Waals surface area contributed by atoms with Crippen molar-refractivity contribution in [2.45, 2.75) is 6.92 Å². The number of aryl methyl sites for hydroxylation is 1. The molecule has 0 saturated carbocycles. The van der Waals surface area contributed by atoms with Gasteiger partial charge in [0.05, 0.1) is 5.69 Å². The molecule has 3 rings (SSSR count). The van der Waals surface area contributed by atoms with E-state index in [1.807, 2.05) is 47.1 Å². The van der Waals surface area contributed by atoms with E-state index in [1.54, 1.807) is 0 Å². The molecule has 3 heteroatoms. The fourth-order valence-corrected chi connectivity index (χ4v) is 2.04. The number of aromatic nitrogens is 2. The summed E-state index contributed by atoms with van der Waals surface area (Å²) >= 11 is 5.88. The van der Waals surface area contributed by atoms with Crippen molar-refractivity contribution in [3.05, 3.63) is 59.4 Å².